The van der Waals surface area contributed by atoms with Crippen molar-refractivity contribution in [2.45, 2.75) is 11.4 Å². The monoisotopic (exact) mass is 305 g/mol. The number of amides is 3. The standard InChI is InChI=1S/C13H15N5O2S/c1-21-10-4-2-3-9(7-10)15-13(20)16-12-5-6-18(17-12)8-11(14)19/h2-7H,8H2,1H3,(H2,14,19)(H2,15,16,17,20). The molecule has 0 atom stereocenters. The van der Waals surface area contributed by atoms with Crippen LogP contribution >= 0.6 is 11.8 Å². The van der Waals surface area contributed by atoms with Crippen LogP contribution in [-0.4, -0.2) is 28.0 Å². The highest BCUT2D eigenvalue weighted by molar-refractivity contribution is 7.98. The van der Waals surface area contributed by atoms with Crippen LogP contribution in [-0.2, 0) is 11.3 Å². The maximum absolute atomic E-state index is 11.8. The zero-order chi connectivity index (χ0) is 15.2. The van der Waals surface area contributed by atoms with Gasteiger partial charge >= 0.3 is 6.03 Å². The van der Waals surface area contributed by atoms with Crippen LogP contribution in [0.1, 0.15) is 0 Å². The lowest BCUT2D eigenvalue weighted by molar-refractivity contribution is -0.118. The second-order valence-electron chi connectivity index (χ2n) is 4.18. The fraction of sp³-hybridized carbons (Fsp3) is 0.154. The quantitative estimate of drug-likeness (QED) is 0.732. The third-order valence-corrected chi connectivity index (χ3v) is 3.25. The number of rotatable bonds is 5. The predicted molar refractivity (Wildman–Crippen MR) is 82.3 cm³/mol. The number of carbonyl (C=O) groups is 2. The molecule has 8 heteroatoms. The lowest BCUT2D eigenvalue weighted by Gasteiger charge is -2.06. The van der Waals surface area contributed by atoms with Gasteiger partial charge < -0.3 is 11.1 Å². The number of thioether (sulfide) groups is 1. The van der Waals surface area contributed by atoms with E-state index in [1.165, 1.54) is 4.68 Å². The molecule has 0 aliphatic rings. The normalized spacial score (nSPS) is 10.1. The molecule has 0 radical (unpaired) electrons. The summed E-state index contributed by atoms with van der Waals surface area (Å²) in [6.07, 6.45) is 3.53. The van der Waals surface area contributed by atoms with Crippen molar-refractivity contribution >= 4 is 35.2 Å². The minimum absolute atomic E-state index is 0.0287. The van der Waals surface area contributed by atoms with E-state index in [0.29, 0.717) is 11.5 Å². The Hall–Kier alpha value is -2.48. The van der Waals surface area contributed by atoms with Gasteiger partial charge in [0.1, 0.15) is 6.54 Å². The topological polar surface area (TPSA) is 102 Å². The van der Waals surface area contributed by atoms with Crippen molar-refractivity contribution in [3.63, 3.8) is 0 Å². The van der Waals surface area contributed by atoms with E-state index in [1.807, 2.05) is 24.5 Å². The van der Waals surface area contributed by atoms with Gasteiger partial charge in [0.15, 0.2) is 5.82 Å². The van der Waals surface area contributed by atoms with Crippen molar-refractivity contribution in [3.8, 4) is 0 Å². The van der Waals surface area contributed by atoms with E-state index in [-0.39, 0.29) is 6.54 Å². The van der Waals surface area contributed by atoms with E-state index >= 15 is 0 Å². The van der Waals surface area contributed by atoms with Gasteiger partial charge in [-0.2, -0.15) is 5.10 Å². The summed E-state index contributed by atoms with van der Waals surface area (Å²) in [4.78, 5) is 23.7. The molecule has 0 unspecified atom stereocenters. The molecule has 0 aliphatic heterocycles. The SMILES string of the molecule is CSc1cccc(NC(=O)Nc2ccn(CC(N)=O)n2)c1. The van der Waals surface area contributed by atoms with E-state index in [9.17, 15) is 9.59 Å². The molecule has 110 valence electrons. The van der Waals surface area contributed by atoms with Gasteiger partial charge in [-0.05, 0) is 24.5 Å². The molecule has 1 heterocycles. The maximum Gasteiger partial charge on any atom is 0.324 e. The summed E-state index contributed by atoms with van der Waals surface area (Å²) < 4.78 is 1.35. The second-order valence-corrected chi connectivity index (χ2v) is 5.06. The number of carbonyl (C=O) groups excluding carboxylic acids is 2. The van der Waals surface area contributed by atoms with Crippen molar-refractivity contribution < 1.29 is 9.59 Å². The Kier molecular flexibility index (Phi) is 4.83. The van der Waals surface area contributed by atoms with Gasteiger partial charge in [-0.15, -0.1) is 11.8 Å². The summed E-state index contributed by atoms with van der Waals surface area (Å²) in [5.74, 6) is -0.155. The first-order chi connectivity index (χ1) is 10.1. The molecule has 0 spiro atoms. The molecule has 0 fully saturated rings. The highest BCUT2D eigenvalue weighted by Crippen LogP contribution is 2.19. The first kappa shape index (κ1) is 14.9. The molecular formula is C13H15N5O2S. The summed E-state index contributed by atoms with van der Waals surface area (Å²) in [5.41, 5.74) is 5.75. The Morgan fingerprint density at radius 1 is 1.33 bits per heavy atom. The molecule has 1 aromatic carbocycles. The Morgan fingerprint density at radius 2 is 2.14 bits per heavy atom. The molecule has 0 saturated carbocycles. The van der Waals surface area contributed by atoms with Crippen LogP contribution in [0.3, 0.4) is 0 Å². The van der Waals surface area contributed by atoms with E-state index in [4.69, 9.17) is 5.73 Å². The number of benzene rings is 1. The average molecular weight is 305 g/mol. The molecule has 0 saturated heterocycles. The number of nitrogens with zero attached hydrogens (tertiary/aromatic N) is 2. The molecule has 7 nitrogen and oxygen atoms in total. The molecule has 0 bridgehead atoms. The van der Waals surface area contributed by atoms with Crippen LogP contribution in [0.2, 0.25) is 0 Å². The Balaban J connectivity index is 1.94. The zero-order valence-corrected chi connectivity index (χ0v) is 12.2. The lowest BCUT2D eigenvalue weighted by atomic mass is 10.3. The van der Waals surface area contributed by atoms with Crippen LogP contribution in [0.5, 0.6) is 0 Å². The highest BCUT2D eigenvalue weighted by atomic mass is 32.2. The minimum atomic E-state index is -0.497. The van der Waals surface area contributed by atoms with Gasteiger partial charge in [-0.1, -0.05) is 6.07 Å². The van der Waals surface area contributed by atoms with E-state index < -0.39 is 11.9 Å². The molecule has 1 aromatic heterocycles. The third kappa shape index (κ3) is 4.53. The first-order valence-corrected chi connectivity index (χ1v) is 7.33. The Morgan fingerprint density at radius 3 is 2.86 bits per heavy atom. The summed E-state index contributed by atoms with van der Waals surface area (Å²) in [6, 6.07) is 8.67. The fourth-order valence-electron chi connectivity index (χ4n) is 1.66. The molecule has 4 N–H and O–H groups in total. The lowest BCUT2D eigenvalue weighted by Crippen LogP contribution is -2.21. The number of anilines is 2. The van der Waals surface area contributed by atoms with Crippen molar-refractivity contribution in [1.29, 1.82) is 0 Å². The smallest absolute Gasteiger partial charge is 0.324 e. The number of urea groups is 1. The van der Waals surface area contributed by atoms with Crippen molar-refractivity contribution in [1.82, 2.24) is 9.78 Å². The molecule has 0 aliphatic carbocycles. The van der Waals surface area contributed by atoms with E-state index in [1.54, 1.807) is 30.1 Å². The van der Waals surface area contributed by atoms with Gasteiger partial charge in [-0.3, -0.25) is 14.8 Å². The van der Waals surface area contributed by atoms with Crippen LogP contribution in [0, 0.1) is 0 Å². The average Bonchev–Trinajstić information content (AvgIpc) is 2.85. The summed E-state index contributed by atoms with van der Waals surface area (Å²) in [7, 11) is 0. The molecule has 3 amide bonds. The fourth-order valence-corrected chi connectivity index (χ4v) is 2.12. The zero-order valence-electron chi connectivity index (χ0n) is 11.4. The highest BCUT2D eigenvalue weighted by Gasteiger charge is 2.06. The van der Waals surface area contributed by atoms with Crippen molar-refractivity contribution in [2.24, 2.45) is 5.73 Å². The minimum Gasteiger partial charge on any atom is -0.368 e. The maximum atomic E-state index is 11.8. The predicted octanol–water partition coefficient (Wildman–Crippen LogP) is 1.73. The number of nitrogens with one attached hydrogen (secondary N) is 2. The number of primary amides is 1. The van der Waals surface area contributed by atoms with Crippen LogP contribution in [0.15, 0.2) is 41.4 Å². The number of nitrogens with two attached hydrogens (primary N) is 1. The largest absolute Gasteiger partial charge is 0.368 e. The van der Waals surface area contributed by atoms with E-state index in [2.05, 4.69) is 15.7 Å². The van der Waals surface area contributed by atoms with Gasteiger partial charge in [-0.25, -0.2) is 4.79 Å². The van der Waals surface area contributed by atoms with Gasteiger partial charge in [0.05, 0.1) is 0 Å². The van der Waals surface area contributed by atoms with Crippen LogP contribution in [0.4, 0.5) is 16.3 Å². The van der Waals surface area contributed by atoms with Gasteiger partial charge in [0.25, 0.3) is 0 Å². The first-order valence-electron chi connectivity index (χ1n) is 6.10. The van der Waals surface area contributed by atoms with Crippen LogP contribution in [0.25, 0.3) is 0 Å². The molecule has 21 heavy (non-hydrogen) atoms. The Labute approximate surface area is 125 Å². The molecule has 2 rings (SSSR count). The van der Waals surface area contributed by atoms with Gasteiger partial charge in [0.2, 0.25) is 5.91 Å². The molecular weight excluding hydrogens is 290 g/mol. The Bertz CT molecular complexity index is 656. The van der Waals surface area contributed by atoms with E-state index in [0.717, 1.165) is 4.90 Å². The molecule has 2 aromatic rings. The second kappa shape index (κ2) is 6.80. The number of hydrogen-bond donors (Lipinski definition) is 3. The van der Waals surface area contributed by atoms with Crippen molar-refractivity contribution in [3.05, 3.63) is 36.5 Å². The third-order valence-electron chi connectivity index (χ3n) is 2.53. The van der Waals surface area contributed by atoms with Crippen molar-refractivity contribution in [2.75, 3.05) is 16.9 Å². The number of hydrogen-bond acceptors (Lipinski definition) is 4. The van der Waals surface area contributed by atoms with Crippen LogP contribution < -0.4 is 16.4 Å². The van der Waals surface area contributed by atoms with Gasteiger partial charge in [0, 0.05) is 22.8 Å². The summed E-state index contributed by atoms with van der Waals surface area (Å²) >= 11 is 1.59. The summed E-state index contributed by atoms with van der Waals surface area (Å²) in [6.45, 7) is -0.0287. The summed E-state index contributed by atoms with van der Waals surface area (Å²) in [5, 5.41) is 9.30. The number of aromatic nitrogens is 2.